The maximum atomic E-state index is 9.65. The minimum Gasteiger partial charge on any atom is -0.454 e. The van der Waals surface area contributed by atoms with Crippen molar-refractivity contribution in [3.05, 3.63) is 23.8 Å². The Labute approximate surface area is 107 Å². The molecule has 1 aliphatic carbocycles. The lowest BCUT2D eigenvalue weighted by Crippen LogP contribution is -2.35. The summed E-state index contributed by atoms with van der Waals surface area (Å²) in [6.07, 6.45) is 3.90. The van der Waals surface area contributed by atoms with Gasteiger partial charge in [0.15, 0.2) is 11.5 Å². The predicted octanol–water partition coefficient (Wildman–Crippen LogP) is 1.81. The first-order valence-electron chi connectivity index (χ1n) is 6.62. The lowest BCUT2D eigenvalue weighted by atomic mass is 9.93. The van der Waals surface area contributed by atoms with E-state index in [0.29, 0.717) is 12.8 Å². The monoisotopic (exact) mass is 249 g/mol. The van der Waals surface area contributed by atoms with Gasteiger partial charge in [-0.15, -0.1) is 0 Å². The molecule has 2 aliphatic rings. The first kappa shape index (κ1) is 11.8. The maximum absolute atomic E-state index is 9.65. The molecule has 0 bridgehead atoms. The lowest BCUT2D eigenvalue weighted by Gasteiger charge is -2.26. The molecule has 1 heterocycles. The second kappa shape index (κ2) is 5.16. The maximum Gasteiger partial charge on any atom is 0.231 e. The summed E-state index contributed by atoms with van der Waals surface area (Å²) in [5.74, 6) is 1.69. The summed E-state index contributed by atoms with van der Waals surface area (Å²) in [4.78, 5) is 0. The van der Waals surface area contributed by atoms with Crippen LogP contribution < -0.4 is 14.8 Å². The van der Waals surface area contributed by atoms with Gasteiger partial charge in [0.2, 0.25) is 6.79 Å². The van der Waals surface area contributed by atoms with Gasteiger partial charge in [-0.05, 0) is 31.7 Å². The molecule has 1 saturated carbocycles. The third-order valence-corrected chi connectivity index (χ3v) is 3.71. The molecule has 2 atom stereocenters. The standard InChI is InChI=1S/C14H19NO3/c16-12-5-2-4-11(7-12)15-8-10-3-1-6-13-14(10)18-9-17-13/h1,3,6,11-12,15-16H,2,4-5,7-9H2. The third kappa shape index (κ3) is 2.44. The van der Waals surface area contributed by atoms with Crippen molar-refractivity contribution in [2.75, 3.05) is 6.79 Å². The second-order valence-corrected chi connectivity index (χ2v) is 5.05. The summed E-state index contributed by atoms with van der Waals surface area (Å²) in [6.45, 7) is 1.08. The van der Waals surface area contributed by atoms with E-state index in [2.05, 4.69) is 11.4 Å². The topological polar surface area (TPSA) is 50.7 Å². The Bertz CT molecular complexity index is 422. The largest absolute Gasteiger partial charge is 0.454 e. The summed E-state index contributed by atoms with van der Waals surface area (Å²) in [5, 5.41) is 13.1. The van der Waals surface area contributed by atoms with Crippen LogP contribution in [-0.2, 0) is 6.54 Å². The smallest absolute Gasteiger partial charge is 0.231 e. The van der Waals surface area contributed by atoms with Crippen molar-refractivity contribution in [3.8, 4) is 11.5 Å². The van der Waals surface area contributed by atoms with Crippen molar-refractivity contribution in [1.29, 1.82) is 0 Å². The highest BCUT2D eigenvalue weighted by Crippen LogP contribution is 2.35. The third-order valence-electron chi connectivity index (χ3n) is 3.71. The molecule has 0 spiro atoms. The quantitative estimate of drug-likeness (QED) is 0.857. The number of benzene rings is 1. The van der Waals surface area contributed by atoms with E-state index in [9.17, 15) is 5.11 Å². The second-order valence-electron chi connectivity index (χ2n) is 5.05. The highest BCUT2D eigenvalue weighted by molar-refractivity contribution is 5.48. The number of aliphatic hydroxyl groups is 1. The number of rotatable bonds is 3. The van der Waals surface area contributed by atoms with Gasteiger partial charge in [-0.25, -0.2) is 0 Å². The molecule has 4 nitrogen and oxygen atoms in total. The molecule has 0 saturated heterocycles. The molecule has 2 N–H and O–H groups in total. The van der Waals surface area contributed by atoms with Crippen molar-refractivity contribution >= 4 is 0 Å². The summed E-state index contributed by atoms with van der Waals surface area (Å²) in [5.41, 5.74) is 1.13. The van der Waals surface area contributed by atoms with Crippen LogP contribution in [0.15, 0.2) is 18.2 Å². The van der Waals surface area contributed by atoms with E-state index in [1.54, 1.807) is 0 Å². The van der Waals surface area contributed by atoms with E-state index in [1.165, 1.54) is 0 Å². The van der Waals surface area contributed by atoms with Gasteiger partial charge in [-0.3, -0.25) is 0 Å². The fourth-order valence-electron chi connectivity index (χ4n) is 2.73. The van der Waals surface area contributed by atoms with E-state index in [1.807, 2.05) is 12.1 Å². The summed E-state index contributed by atoms with van der Waals surface area (Å²) < 4.78 is 10.8. The van der Waals surface area contributed by atoms with E-state index >= 15 is 0 Å². The number of hydrogen-bond acceptors (Lipinski definition) is 4. The Kier molecular flexibility index (Phi) is 3.39. The Morgan fingerprint density at radius 3 is 3.11 bits per heavy atom. The van der Waals surface area contributed by atoms with Crippen molar-refractivity contribution in [2.24, 2.45) is 0 Å². The molecule has 0 amide bonds. The minimum atomic E-state index is -0.141. The van der Waals surface area contributed by atoms with E-state index in [4.69, 9.17) is 9.47 Å². The molecule has 3 rings (SSSR count). The average molecular weight is 249 g/mol. The van der Waals surface area contributed by atoms with Crippen LogP contribution >= 0.6 is 0 Å². The number of nitrogens with one attached hydrogen (secondary N) is 1. The fourth-order valence-corrected chi connectivity index (χ4v) is 2.73. The number of aliphatic hydroxyl groups excluding tert-OH is 1. The van der Waals surface area contributed by atoms with Gasteiger partial charge in [-0.2, -0.15) is 0 Å². The van der Waals surface area contributed by atoms with Crippen LogP contribution in [0.3, 0.4) is 0 Å². The molecule has 1 fully saturated rings. The van der Waals surface area contributed by atoms with Crippen LogP contribution in [-0.4, -0.2) is 24.0 Å². The minimum absolute atomic E-state index is 0.141. The molecule has 0 radical (unpaired) electrons. The van der Waals surface area contributed by atoms with Gasteiger partial charge in [-0.1, -0.05) is 12.1 Å². The Morgan fingerprint density at radius 1 is 1.28 bits per heavy atom. The molecule has 1 aromatic carbocycles. The molecular formula is C14H19NO3. The van der Waals surface area contributed by atoms with Gasteiger partial charge in [0, 0.05) is 18.2 Å². The molecular weight excluding hydrogens is 230 g/mol. The number of ether oxygens (including phenoxy) is 2. The average Bonchev–Trinajstić information content (AvgIpc) is 2.85. The molecule has 1 aliphatic heterocycles. The number of fused-ring (bicyclic) bond motifs is 1. The van der Waals surface area contributed by atoms with Crippen LogP contribution in [0.2, 0.25) is 0 Å². The van der Waals surface area contributed by atoms with Crippen LogP contribution in [0.5, 0.6) is 11.5 Å². The lowest BCUT2D eigenvalue weighted by molar-refractivity contribution is 0.111. The van der Waals surface area contributed by atoms with Gasteiger partial charge < -0.3 is 19.9 Å². The van der Waals surface area contributed by atoms with Crippen LogP contribution in [0, 0.1) is 0 Å². The number of hydrogen-bond donors (Lipinski definition) is 2. The predicted molar refractivity (Wildman–Crippen MR) is 67.7 cm³/mol. The molecule has 2 unspecified atom stereocenters. The van der Waals surface area contributed by atoms with Crippen molar-refractivity contribution in [3.63, 3.8) is 0 Å². The summed E-state index contributed by atoms with van der Waals surface area (Å²) in [6, 6.07) is 6.38. The zero-order chi connectivity index (χ0) is 12.4. The normalized spacial score (nSPS) is 26.3. The van der Waals surface area contributed by atoms with Gasteiger partial charge in [0.25, 0.3) is 0 Å². The Hall–Kier alpha value is -1.26. The highest BCUT2D eigenvalue weighted by Gasteiger charge is 2.21. The first-order valence-corrected chi connectivity index (χ1v) is 6.62. The summed E-state index contributed by atoms with van der Waals surface area (Å²) >= 11 is 0. The summed E-state index contributed by atoms with van der Waals surface area (Å²) in [7, 11) is 0. The van der Waals surface area contributed by atoms with Crippen LogP contribution in [0.4, 0.5) is 0 Å². The molecule has 4 heteroatoms. The van der Waals surface area contributed by atoms with Crippen LogP contribution in [0.1, 0.15) is 31.2 Å². The number of para-hydroxylation sites is 1. The van der Waals surface area contributed by atoms with Gasteiger partial charge in [0.1, 0.15) is 0 Å². The van der Waals surface area contributed by atoms with Crippen molar-refractivity contribution < 1.29 is 14.6 Å². The zero-order valence-electron chi connectivity index (χ0n) is 10.4. The molecule has 98 valence electrons. The van der Waals surface area contributed by atoms with E-state index in [0.717, 1.165) is 49.3 Å². The molecule has 1 aromatic rings. The molecule has 18 heavy (non-hydrogen) atoms. The van der Waals surface area contributed by atoms with Crippen molar-refractivity contribution in [1.82, 2.24) is 5.32 Å². The SMILES string of the molecule is OC1CCCC(NCc2cccc3c2OCO3)C1. The Balaban J connectivity index is 1.61. The van der Waals surface area contributed by atoms with Crippen LogP contribution in [0.25, 0.3) is 0 Å². The zero-order valence-corrected chi connectivity index (χ0v) is 10.4. The van der Waals surface area contributed by atoms with Gasteiger partial charge in [0.05, 0.1) is 6.10 Å². The van der Waals surface area contributed by atoms with Gasteiger partial charge >= 0.3 is 0 Å². The Morgan fingerprint density at radius 2 is 2.22 bits per heavy atom. The fraction of sp³-hybridized carbons (Fsp3) is 0.571. The molecule has 0 aromatic heterocycles. The van der Waals surface area contributed by atoms with Crippen molar-refractivity contribution in [2.45, 2.75) is 44.4 Å². The first-order chi connectivity index (χ1) is 8.83. The van der Waals surface area contributed by atoms with E-state index < -0.39 is 0 Å². The van der Waals surface area contributed by atoms with E-state index in [-0.39, 0.29) is 6.10 Å². The highest BCUT2D eigenvalue weighted by atomic mass is 16.7.